The molecule has 0 aliphatic heterocycles. The van der Waals surface area contributed by atoms with Crippen LogP contribution in [0.3, 0.4) is 0 Å². The summed E-state index contributed by atoms with van der Waals surface area (Å²) < 4.78 is 5.36. The van der Waals surface area contributed by atoms with Crippen molar-refractivity contribution in [2.45, 2.75) is 46.8 Å². The Hall–Kier alpha value is -1.06. The average molecular weight is 251 g/mol. The van der Waals surface area contributed by atoms with Gasteiger partial charge < -0.3 is 15.2 Å². The molecule has 3 nitrogen and oxygen atoms in total. The number of aryl methyl sites for hydroxylation is 1. The van der Waals surface area contributed by atoms with Crippen LogP contribution in [-0.2, 0) is 6.54 Å². The van der Waals surface area contributed by atoms with Crippen LogP contribution in [0.25, 0.3) is 0 Å². The summed E-state index contributed by atoms with van der Waals surface area (Å²) in [6, 6.07) is 2.07. The molecule has 0 saturated carbocycles. The molecule has 102 valence electrons. The maximum atomic E-state index is 9.69. The minimum atomic E-state index is -0.677. The van der Waals surface area contributed by atoms with E-state index in [9.17, 15) is 5.11 Å². The van der Waals surface area contributed by atoms with E-state index < -0.39 is 5.60 Å². The molecule has 0 aliphatic carbocycles. The Morgan fingerprint density at radius 3 is 2.33 bits per heavy atom. The van der Waals surface area contributed by atoms with Crippen molar-refractivity contribution in [2.24, 2.45) is 0 Å². The van der Waals surface area contributed by atoms with Crippen LogP contribution in [0, 0.1) is 20.8 Å². The van der Waals surface area contributed by atoms with Crippen molar-refractivity contribution < 1.29 is 9.84 Å². The van der Waals surface area contributed by atoms with E-state index in [1.165, 1.54) is 22.3 Å². The minimum absolute atomic E-state index is 0.580. The molecule has 0 saturated heterocycles. The summed E-state index contributed by atoms with van der Waals surface area (Å²) >= 11 is 0. The van der Waals surface area contributed by atoms with Gasteiger partial charge in [-0.1, -0.05) is 0 Å². The Bertz CT molecular complexity index is 419. The second-order valence-electron chi connectivity index (χ2n) is 5.54. The molecular weight excluding hydrogens is 226 g/mol. The molecule has 0 amide bonds. The van der Waals surface area contributed by atoms with Gasteiger partial charge in [0.15, 0.2) is 0 Å². The Balaban J connectivity index is 2.87. The lowest BCUT2D eigenvalue weighted by Crippen LogP contribution is -2.34. The molecule has 1 aromatic rings. The van der Waals surface area contributed by atoms with Crippen LogP contribution in [0.1, 0.15) is 36.1 Å². The number of hydrogen-bond donors (Lipinski definition) is 2. The van der Waals surface area contributed by atoms with Crippen LogP contribution in [0.2, 0.25) is 0 Å². The van der Waals surface area contributed by atoms with Crippen molar-refractivity contribution in [3.05, 3.63) is 28.3 Å². The lowest BCUT2D eigenvalue weighted by atomic mass is 9.97. The molecule has 3 heteroatoms. The van der Waals surface area contributed by atoms with Crippen molar-refractivity contribution in [3.8, 4) is 5.75 Å². The van der Waals surface area contributed by atoms with Crippen molar-refractivity contribution in [2.75, 3.05) is 13.7 Å². The zero-order valence-corrected chi connectivity index (χ0v) is 12.3. The Morgan fingerprint density at radius 2 is 1.83 bits per heavy atom. The van der Waals surface area contributed by atoms with Gasteiger partial charge in [-0.05, 0) is 62.9 Å². The highest BCUT2D eigenvalue weighted by molar-refractivity contribution is 5.48. The van der Waals surface area contributed by atoms with Crippen LogP contribution in [0.5, 0.6) is 5.75 Å². The Kier molecular flexibility index (Phi) is 4.77. The summed E-state index contributed by atoms with van der Waals surface area (Å²) in [6.45, 7) is 11.2. The van der Waals surface area contributed by atoms with Crippen molar-refractivity contribution >= 4 is 0 Å². The zero-order valence-electron chi connectivity index (χ0n) is 12.3. The highest BCUT2D eigenvalue weighted by Gasteiger charge is 2.14. The molecule has 0 unspecified atom stereocenters. The number of hydrogen-bond acceptors (Lipinski definition) is 3. The van der Waals surface area contributed by atoms with Gasteiger partial charge in [0.1, 0.15) is 5.75 Å². The molecule has 2 N–H and O–H groups in total. The van der Waals surface area contributed by atoms with Crippen molar-refractivity contribution in [1.29, 1.82) is 0 Å². The topological polar surface area (TPSA) is 41.5 Å². The van der Waals surface area contributed by atoms with Gasteiger partial charge in [0.2, 0.25) is 0 Å². The minimum Gasteiger partial charge on any atom is -0.496 e. The third-order valence-electron chi connectivity index (χ3n) is 3.29. The molecular formula is C15H25NO2. The molecule has 1 rings (SSSR count). The third kappa shape index (κ3) is 3.72. The molecule has 0 bridgehead atoms. The second-order valence-corrected chi connectivity index (χ2v) is 5.54. The monoisotopic (exact) mass is 251 g/mol. The largest absolute Gasteiger partial charge is 0.496 e. The van der Waals surface area contributed by atoms with Crippen LogP contribution in [-0.4, -0.2) is 24.4 Å². The molecule has 0 radical (unpaired) electrons. The van der Waals surface area contributed by atoms with Gasteiger partial charge in [-0.3, -0.25) is 0 Å². The molecule has 0 atom stereocenters. The first-order chi connectivity index (χ1) is 8.26. The van der Waals surface area contributed by atoms with Crippen LogP contribution < -0.4 is 10.1 Å². The quantitative estimate of drug-likeness (QED) is 0.845. The van der Waals surface area contributed by atoms with Gasteiger partial charge in [-0.25, -0.2) is 0 Å². The van der Waals surface area contributed by atoms with E-state index in [0.717, 1.165) is 12.3 Å². The van der Waals surface area contributed by atoms with Gasteiger partial charge >= 0.3 is 0 Å². The highest BCUT2D eigenvalue weighted by atomic mass is 16.5. The van der Waals surface area contributed by atoms with Crippen LogP contribution >= 0.6 is 0 Å². The van der Waals surface area contributed by atoms with E-state index in [1.54, 1.807) is 21.0 Å². The van der Waals surface area contributed by atoms with Crippen LogP contribution in [0.15, 0.2) is 6.07 Å². The molecule has 0 heterocycles. The molecule has 0 aromatic heterocycles. The van der Waals surface area contributed by atoms with Gasteiger partial charge in [0, 0.05) is 13.1 Å². The summed E-state index contributed by atoms with van der Waals surface area (Å²) in [6.07, 6.45) is 0. The standard InChI is InChI=1S/C15H25NO2/c1-10-7-14(18-6)12(3)11(2)13(10)8-16-9-15(4,5)17/h7,16-17H,8-9H2,1-6H3. The first kappa shape index (κ1) is 15.0. The maximum absolute atomic E-state index is 9.69. The van der Waals surface area contributed by atoms with Crippen molar-refractivity contribution in [1.82, 2.24) is 5.32 Å². The molecule has 18 heavy (non-hydrogen) atoms. The summed E-state index contributed by atoms with van der Waals surface area (Å²) in [5.74, 6) is 0.941. The number of ether oxygens (including phenoxy) is 1. The first-order valence-electron chi connectivity index (χ1n) is 6.33. The first-order valence-corrected chi connectivity index (χ1v) is 6.33. The van der Waals surface area contributed by atoms with Gasteiger partial charge in [-0.15, -0.1) is 0 Å². The number of rotatable bonds is 5. The summed E-state index contributed by atoms with van der Waals surface area (Å²) in [4.78, 5) is 0. The summed E-state index contributed by atoms with van der Waals surface area (Å²) in [5, 5.41) is 13.0. The van der Waals surface area contributed by atoms with E-state index in [2.05, 4.69) is 32.2 Å². The fraction of sp³-hybridized carbons (Fsp3) is 0.600. The van der Waals surface area contributed by atoms with Crippen molar-refractivity contribution in [3.63, 3.8) is 0 Å². The van der Waals surface area contributed by atoms with Gasteiger partial charge in [-0.2, -0.15) is 0 Å². The number of nitrogens with one attached hydrogen (secondary N) is 1. The normalized spacial score (nSPS) is 11.7. The smallest absolute Gasteiger partial charge is 0.122 e. The van der Waals surface area contributed by atoms with E-state index >= 15 is 0 Å². The fourth-order valence-electron chi connectivity index (χ4n) is 2.08. The van der Waals surface area contributed by atoms with E-state index in [4.69, 9.17) is 4.74 Å². The number of methoxy groups -OCH3 is 1. The third-order valence-corrected chi connectivity index (χ3v) is 3.29. The average Bonchev–Trinajstić information content (AvgIpc) is 2.26. The van der Waals surface area contributed by atoms with Crippen LogP contribution in [0.4, 0.5) is 0 Å². The fourth-order valence-corrected chi connectivity index (χ4v) is 2.08. The van der Waals surface area contributed by atoms with E-state index in [0.29, 0.717) is 6.54 Å². The second kappa shape index (κ2) is 5.72. The van der Waals surface area contributed by atoms with Gasteiger partial charge in [0.25, 0.3) is 0 Å². The SMILES string of the molecule is COc1cc(C)c(CNCC(C)(C)O)c(C)c1C. The number of benzene rings is 1. The number of aliphatic hydroxyl groups is 1. The highest BCUT2D eigenvalue weighted by Crippen LogP contribution is 2.27. The predicted octanol–water partition coefficient (Wildman–Crippen LogP) is 2.48. The summed E-state index contributed by atoms with van der Waals surface area (Å²) in [7, 11) is 1.70. The lowest BCUT2D eigenvalue weighted by Gasteiger charge is -2.20. The van der Waals surface area contributed by atoms with E-state index in [-0.39, 0.29) is 0 Å². The zero-order chi connectivity index (χ0) is 13.9. The Morgan fingerprint density at radius 1 is 1.22 bits per heavy atom. The molecule has 0 fully saturated rings. The predicted molar refractivity (Wildman–Crippen MR) is 75.2 cm³/mol. The van der Waals surface area contributed by atoms with E-state index in [1.807, 2.05) is 0 Å². The lowest BCUT2D eigenvalue weighted by molar-refractivity contribution is 0.0794. The molecule has 1 aromatic carbocycles. The summed E-state index contributed by atoms with van der Waals surface area (Å²) in [5.41, 5.74) is 4.28. The maximum Gasteiger partial charge on any atom is 0.122 e. The Labute approximate surface area is 110 Å². The molecule has 0 aliphatic rings. The molecule has 0 spiro atoms. The van der Waals surface area contributed by atoms with Gasteiger partial charge in [0.05, 0.1) is 12.7 Å².